The van der Waals surface area contributed by atoms with Crippen LogP contribution in [0, 0.1) is 6.92 Å². The van der Waals surface area contributed by atoms with Gasteiger partial charge in [-0.25, -0.2) is 0 Å². The van der Waals surface area contributed by atoms with Gasteiger partial charge < -0.3 is 4.79 Å². The van der Waals surface area contributed by atoms with E-state index in [4.69, 9.17) is 0 Å². The third-order valence-electron chi connectivity index (χ3n) is 1.74. The Hall–Kier alpha value is -1.25. The zero-order valence-corrected chi connectivity index (χ0v) is 7.53. The molecule has 3 nitrogen and oxygen atoms in total. The fourth-order valence-electron chi connectivity index (χ4n) is 0.786. The number of aldehydes is 1. The Kier molecular flexibility index (Phi) is 2.22. The van der Waals surface area contributed by atoms with Gasteiger partial charge in [0.05, 0.1) is 16.8 Å². The average Bonchev–Trinajstić information content (AvgIpc) is 2.05. The number of nitrogens with zero attached hydrogens (tertiary/aromatic N) is 2. The van der Waals surface area contributed by atoms with Gasteiger partial charge in [0.25, 0.3) is 0 Å². The molecule has 0 atom stereocenters. The first-order valence-corrected chi connectivity index (χ1v) is 3.82. The summed E-state index contributed by atoms with van der Waals surface area (Å²) in [5.41, 5.74) is 1.05. The third-order valence-corrected chi connectivity index (χ3v) is 1.74. The topological polar surface area (TPSA) is 42.9 Å². The largest absolute Gasteiger partial charge is 0.302 e. The minimum absolute atomic E-state index is 0.527. The molecule has 0 saturated heterocycles. The van der Waals surface area contributed by atoms with Crippen molar-refractivity contribution in [3.8, 4) is 0 Å². The van der Waals surface area contributed by atoms with Crippen LogP contribution in [0.4, 0.5) is 0 Å². The zero-order chi connectivity index (χ0) is 9.19. The molecule has 0 aliphatic carbocycles. The van der Waals surface area contributed by atoms with Crippen LogP contribution in [0.25, 0.3) is 0 Å². The molecule has 1 heterocycles. The summed E-state index contributed by atoms with van der Waals surface area (Å²) in [7, 11) is 0. The van der Waals surface area contributed by atoms with Crippen LogP contribution in [0.3, 0.4) is 0 Å². The van der Waals surface area contributed by atoms with Gasteiger partial charge in [-0.15, -0.1) is 0 Å². The Morgan fingerprint density at radius 2 is 2.00 bits per heavy atom. The van der Waals surface area contributed by atoms with Crippen LogP contribution in [-0.2, 0) is 10.2 Å². The molecule has 0 bridgehead atoms. The van der Waals surface area contributed by atoms with Crippen LogP contribution in [0.5, 0.6) is 0 Å². The Morgan fingerprint density at radius 1 is 1.33 bits per heavy atom. The summed E-state index contributed by atoms with van der Waals surface area (Å²) in [6, 6.07) is 0. The summed E-state index contributed by atoms with van der Waals surface area (Å²) >= 11 is 0. The molecule has 0 fully saturated rings. The molecule has 0 aliphatic heterocycles. The van der Waals surface area contributed by atoms with Gasteiger partial charge in [0.1, 0.15) is 6.29 Å². The average molecular weight is 164 g/mol. The summed E-state index contributed by atoms with van der Waals surface area (Å²) < 4.78 is 0. The molecule has 3 heteroatoms. The van der Waals surface area contributed by atoms with Gasteiger partial charge in [-0.05, 0) is 20.8 Å². The quantitative estimate of drug-likeness (QED) is 0.618. The van der Waals surface area contributed by atoms with Crippen molar-refractivity contribution in [3.05, 3.63) is 23.8 Å². The van der Waals surface area contributed by atoms with Crippen LogP contribution < -0.4 is 0 Å². The number of hydrogen-bond donors (Lipinski definition) is 0. The highest BCUT2D eigenvalue weighted by molar-refractivity contribution is 5.65. The van der Waals surface area contributed by atoms with Crippen molar-refractivity contribution in [2.24, 2.45) is 0 Å². The van der Waals surface area contributed by atoms with Gasteiger partial charge >= 0.3 is 0 Å². The van der Waals surface area contributed by atoms with Crippen LogP contribution >= 0.6 is 0 Å². The highest BCUT2D eigenvalue weighted by Crippen LogP contribution is 2.16. The van der Waals surface area contributed by atoms with Gasteiger partial charge in [-0.3, -0.25) is 9.97 Å². The highest BCUT2D eigenvalue weighted by Gasteiger charge is 2.20. The maximum absolute atomic E-state index is 10.6. The van der Waals surface area contributed by atoms with E-state index in [1.54, 1.807) is 12.4 Å². The van der Waals surface area contributed by atoms with E-state index >= 15 is 0 Å². The van der Waals surface area contributed by atoms with E-state index in [9.17, 15) is 4.79 Å². The van der Waals surface area contributed by atoms with E-state index < -0.39 is 5.41 Å². The van der Waals surface area contributed by atoms with Crippen molar-refractivity contribution >= 4 is 6.29 Å². The molecule has 1 rings (SSSR count). The maximum Gasteiger partial charge on any atom is 0.131 e. The number of aryl methyl sites for hydroxylation is 1. The van der Waals surface area contributed by atoms with E-state index in [0.29, 0.717) is 5.69 Å². The first-order chi connectivity index (χ1) is 5.56. The van der Waals surface area contributed by atoms with Crippen molar-refractivity contribution in [3.63, 3.8) is 0 Å². The molecule has 0 N–H and O–H groups in total. The first-order valence-electron chi connectivity index (χ1n) is 3.82. The predicted molar refractivity (Wildman–Crippen MR) is 45.9 cm³/mol. The minimum Gasteiger partial charge on any atom is -0.302 e. The molecular formula is C9H12N2O. The lowest BCUT2D eigenvalue weighted by Crippen LogP contribution is -2.20. The molecule has 0 unspecified atom stereocenters. The molecule has 0 saturated carbocycles. The summed E-state index contributed by atoms with van der Waals surface area (Å²) in [4.78, 5) is 18.8. The van der Waals surface area contributed by atoms with Crippen molar-refractivity contribution in [1.82, 2.24) is 9.97 Å². The highest BCUT2D eigenvalue weighted by atomic mass is 16.1. The SMILES string of the molecule is Cc1cnc(C(C)(C)C=O)cn1. The Bertz CT molecular complexity index is 277. The molecule has 1 aromatic heterocycles. The summed E-state index contributed by atoms with van der Waals surface area (Å²) in [6.45, 7) is 5.50. The van der Waals surface area contributed by atoms with E-state index in [1.165, 1.54) is 0 Å². The number of carbonyl (C=O) groups excluding carboxylic acids is 1. The number of hydrogen-bond acceptors (Lipinski definition) is 3. The second-order valence-corrected chi connectivity index (χ2v) is 3.38. The number of carbonyl (C=O) groups is 1. The molecule has 0 aliphatic rings. The molecule has 64 valence electrons. The lowest BCUT2D eigenvalue weighted by atomic mass is 9.92. The van der Waals surface area contributed by atoms with Crippen LogP contribution in [0.2, 0.25) is 0 Å². The van der Waals surface area contributed by atoms with Gasteiger partial charge in [-0.2, -0.15) is 0 Å². The Labute approximate surface area is 71.9 Å². The second-order valence-electron chi connectivity index (χ2n) is 3.38. The lowest BCUT2D eigenvalue weighted by Gasteiger charge is -2.14. The van der Waals surface area contributed by atoms with E-state index in [-0.39, 0.29) is 0 Å². The zero-order valence-electron chi connectivity index (χ0n) is 7.53. The monoisotopic (exact) mass is 164 g/mol. The van der Waals surface area contributed by atoms with Crippen molar-refractivity contribution < 1.29 is 4.79 Å². The molecule has 0 aromatic carbocycles. The number of rotatable bonds is 2. The minimum atomic E-state index is -0.527. The fraction of sp³-hybridized carbons (Fsp3) is 0.444. The number of aromatic nitrogens is 2. The smallest absolute Gasteiger partial charge is 0.131 e. The van der Waals surface area contributed by atoms with Crippen molar-refractivity contribution in [2.75, 3.05) is 0 Å². The standard InChI is InChI=1S/C9H12N2O/c1-7-4-11-8(5-10-7)9(2,3)6-12/h4-6H,1-3H3. The normalized spacial score (nSPS) is 11.2. The molecule has 0 radical (unpaired) electrons. The van der Waals surface area contributed by atoms with Gasteiger partial charge in [0, 0.05) is 12.4 Å². The van der Waals surface area contributed by atoms with Crippen LogP contribution in [0.1, 0.15) is 25.2 Å². The third kappa shape index (κ3) is 1.67. The van der Waals surface area contributed by atoms with Gasteiger partial charge in [0.2, 0.25) is 0 Å². The van der Waals surface area contributed by atoms with E-state index in [0.717, 1.165) is 12.0 Å². The van der Waals surface area contributed by atoms with Crippen LogP contribution in [0.15, 0.2) is 12.4 Å². The van der Waals surface area contributed by atoms with Crippen molar-refractivity contribution in [2.45, 2.75) is 26.2 Å². The van der Waals surface area contributed by atoms with Crippen molar-refractivity contribution in [1.29, 1.82) is 0 Å². The molecule has 0 spiro atoms. The summed E-state index contributed by atoms with van der Waals surface area (Å²) in [5.74, 6) is 0. The Morgan fingerprint density at radius 3 is 2.42 bits per heavy atom. The second kappa shape index (κ2) is 3.01. The lowest BCUT2D eigenvalue weighted by molar-refractivity contribution is -0.111. The molecular weight excluding hydrogens is 152 g/mol. The first kappa shape index (κ1) is 8.84. The molecule has 1 aromatic rings. The van der Waals surface area contributed by atoms with Gasteiger partial charge in [0.15, 0.2) is 0 Å². The predicted octanol–water partition coefficient (Wildman–Crippen LogP) is 1.26. The molecule has 12 heavy (non-hydrogen) atoms. The Balaban J connectivity index is 3.04. The summed E-state index contributed by atoms with van der Waals surface area (Å²) in [6.07, 6.45) is 4.19. The van der Waals surface area contributed by atoms with E-state index in [1.807, 2.05) is 20.8 Å². The van der Waals surface area contributed by atoms with Crippen LogP contribution in [-0.4, -0.2) is 16.3 Å². The fourth-order valence-corrected chi connectivity index (χ4v) is 0.786. The molecule has 0 amide bonds. The van der Waals surface area contributed by atoms with E-state index in [2.05, 4.69) is 9.97 Å². The summed E-state index contributed by atoms with van der Waals surface area (Å²) in [5, 5.41) is 0. The van der Waals surface area contributed by atoms with Gasteiger partial charge in [-0.1, -0.05) is 0 Å². The maximum atomic E-state index is 10.6.